The number of hydrogen-bond donors (Lipinski definition) is 3. The Morgan fingerprint density at radius 3 is 2.80 bits per heavy atom. The van der Waals surface area contributed by atoms with Crippen LogP contribution in [0.1, 0.15) is 34.3 Å². The van der Waals surface area contributed by atoms with Gasteiger partial charge in [-0.05, 0) is 35.7 Å². The van der Waals surface area contributed by atoms with Crippen LogP contribution in [0, 0.1) is 0 Å². The standard InChI is InChI=1S/C20H18ClN5O4/c21-13-2-5-16(22-9-13)24-20(30)23-8-11-1-3-14-12(7-11)10-26(19(14)29)15-4-6-17(27)25-18(15)28/h1-3,5,7,9,15H,4,6,8,10H2,(H,25,27,28)(H2,22,23,24,30). The van der Waals surface area contributed by atoms with Crippen LogP contribution in [-0.4, -0.2) is 39.7 Å². The fraction of sp³-hybridized carbons (Fsp3) is 0.250. The molecular weight excluding hydrogens is 410 g/mol. The summed E-state index contributed by atoms with van der Waals surface area (Å²) < 4.78 is 0. The number of nitrogens with zero attached hydrogens (tertiary/aromatic N) is 2. The van der Waals surface area contributed by atoms with Crippen LogP contribution < -0.4 is 16.0 Å². The van der Waals surface area contributed by atoms with Gasteiger partial charge in [0.15, 0.2) is 0 Å². The highest BCUT2D eigenvalue weighted by Crippen LogP contribution is 2.28. The summed E-state index contributed by atoms with van der Waals surface area (Å²) in [6.45, 7) is 0.536. The van der Waals surface area contributed by atoms with Crippen molar-refractivity contribution in [3.8, 4) is 0 Å². The lowest BCUT2D eigenvalue weighted by molar-refractivity contribution is -0.136. The lowest BCUT2D eigenvalue weighted by atomic mass is 10.0. The minimum atomic E-state index is -0.651. The molecule has 2 aliphatic rings. The molecule has 0 spiro atoms. The predicted octanol–water partition coefficient (Wildman–Crippen LogP) is 1.82. The average Bonchev–Trinajstić information content (AvgIpc) is 3.04. The highest BCUT2D eigenvalue weighted by atomic mass is 35.5. The summed E-state index contributed by atoms with van der Waals surface area (Å²) in [7, 11) is 0. The molecule has 0 saturated carbocycles. The van der Waals surface area contributed by atoms with Crippen LogP contribution in [0.3, 0.4) is 0 Å². The van der Waals surface area contributed by atoms with Gasteiger partial charge in [0.2, 0.25) is 11.8 Å². The van der Waals surface area contributed by atoms with Crippen molar-refractivity contribution in [2.24, 2.45) is 0 Å². The van der Waals surface area contributed by atoms with E-state index in [0.717, 1.165) is 11.1 Å². The number of anilines is 1. The molecule has 30 heavy (non-hydrogen) atoms. The van der Waals surface area contributed by atoms with Crippen molar-refractivity contribution >= 4 is 41.2 Å². The van der Waals surface area contributed by atoms with Gasteiger partial charge in [-0.1, -0.05) is 23.7 Å². The summed E-state index contributed by atoms with van der Waals surface area (Å²) >= 11 is 5.76. The van der Waals surface area contributed by atoms with E-state index >= 15 is 0 Å². The van der Waals surface area contributed by atoms with Gasteiger partial charge in [-0.3, -0.25) is 25.0 Å². The largest absolute Gasteiger partial charge is 0.334 e. The number of amides is 5. The third-order valence-electron chi connectivity index (χ3n) is 5.01. The number of fused-ring (bicyclic) bond motifs is 1. The molecule has 2 aromatic rings. The number of piperidine rings is 1. The van der Waals surface area contributed by atoms with Crippen molar-refractivity contribution in [3.63, 3.8) is 0 Å². The van der Waals surface area contributed by atoms with E-state index in [0.29, 0.717) is 22.8 Å². The minimum absolute atomic E-state index is 0.212. The van der Waals surface area contributed by atoms with E-state index in [2.05, 4.69) is 20.9 Å². The number of aromatic nitrogens is 1. The smallest absolute Gasteiger partial charge is 0.320 e. The Bertz CT molecular complexity index is 1040. The second kappa shape index (κ2) is 8.11. The van der Waals surface area contributed by atoms with Crippen LogP contribution in [0.15, 0.2) is 36.5 Å². The zero-order chi connectivity index (χ0) is 21.3. The molecular formula is C20H18ClN5O4. The molecule has 1 aromatic heterocycles. The van der Waals surface area contributed by atoms with Crippen molar-refractivity contribution < 1.29 is 19.2 Å². The highest BCUT2D eigenvalue weighted by Gasteiger charge is 2.39. The highest BCUT2D eigenvalue weighted by molar-refractivity contribution is 6.30. The number of pyridine rings is 1. The quantitative estimate of drug-likeness (QED) is 0.643. The van der Waals surface area contributed by atoms with Gasteiger partial charge in [-0.25, -0.2) is 9.78 Å². The molecule has 1 fully saturated rings. The number of hydrogen-bond acceptors (Lipinski definition) is 5. The van der Waals surface area contributed by atoms with Gasteiger partial charge in [-0.15, -0.1) is 0 Å². The predicted molar refractivity (Wildman–Crippen MR) is 108 cm³/mol. The summed E-state index contributed by atoms with van der Waals surface area (Å²) in [6.07, 6.45) is 1.96. The summed E-state index contributed by atoms with van der Waals surface area (Å²) in [5, 5.41) is 8.09. The third-order valence-corrected chi connectivity index (χ3v) is 5.23. The van der Waals surface area contributed by atoms with Gasteiger partial charge >= 0.3 is 6.03 Å². The molecule has 1 aromatic carbocycles. The molecule has 3 heterocycles. The van der Waals surface area contributed by atoms with Crippen LogP contribution in [0.5, 0.6) is 0 Å². The summed E-state index contributed by atoms with van der Waals surface area (Å²) in [5.74, 6) is -0.621. The van der Waals surface area contributed by atoms with Crippen LogP contribution in [0.4, 0.5) is 10.6 Å². The van der Waals surface area contributed by atoms with Gasteiger partial charge in [0.25, 0.3) is 5.91 Å². The van der Waals surface area contributed by atoms with E-state index in [4.69, 9.17) is 11.6 Å². The first-order valence-electron chi connectivity index (χ1n) is 9.33. The number of carbonyl (C=O) groups is 4. The number of carbonyl (C=O) groups excluding carboxylic acids is 4. The van der Waals surface area contributed by atoms with E-state index in [-0.39, 0.29) is 31.3 Å². The summed E-state index contributed by atoms with van der Waals surface area (Å²) in [6, 6.07) is 7.42. The monoisotopic (exact) mass is 427 g/mol. The van der Waals surface area contributed by atoms with Crippen LogP contribution >= 0.6 is 11.6 Å². The van der Waals surface area contributed by atoms with Crippen LogP contribution in [-0.2, 0) is 22.7 Å². The second-order valence-corrected chi connectivity index (χ2v) is 7.50. The zero-order valence-corrected chi connectivity index (χ0v) is 16.5. The molecule has 2 aliphatic heterocycles. The number of benzene rings is 1. The zero-order valence-electron chi connectivity index (χ0n) is 15.8. The molecule has 0 radical (unpaired) electrons. The molecule has 5 amide bonds. The van der Waals surface area contributed by atoms with E-state index < -0.39 is 18.0 Å². The SMILES string of the molecule is O=C1CCC(N2Cc3cc(CNC(=O)Nc4ccc(Cl)cn4)ccc3C2=O)C(=O)N1. The maximum atomic E-state index is 12.7. The number of imide groups is 1. The fourth-order valence-electron chi connectivity index (χ4n) is 3.53. The van der Waals surface area contributed by atoms with Gasteiger partial charge in [0.05, 0.1) is 5.02 Å². The summed E-state index contributed by atoms with van der Waals surface area (Å²) in [5.41, 5.74) is 2.12. The van der Waals surface area contributed by atoms with E-state index in [1.165, 1.54) is 11.1 Å². The lowest BCUT2D eigenvalue weighted by Gasteiger charge is -2.29. The van der Waals surface area contributed by atoms with Crippen LogP contribution in [0.25, 0.3) is 0 Å². The molecule has 9 nitrogen and oxygen atoms in total. The molecule has 1 saturated heterocycles. The molecule has 154 valence electrons. The van der Waals surface area contributed by atoms with E-state index in [9.17, 15) is 19.2 Å². The maximum Gasteiger partial charge on any atom is 0.320 e. The first kappa shape index (κ1) is 19.8. The number of halogens is 1. The molecule has 0 aliphatic carbocycles. The molecule has 1 atom stereocenters. The van der Waals surface area contributed by atoms with Crippen molar-refractivity contribution in [1.82, 2.24) is 20.5 Å². The lowest BCUT2D eigenvalue weighted by Crippen LogP contribution is -2.52. The van der Waals surface area contributed by atoms with Gasteiger partial charge in [0, 0.05) is 31.3 Å². The number of rotatable bonds is 4. The Kier molecular flexibility index (Phi) is 5.37. The first-order chi connectivity index (χ1) is 14.4. The van der Waals surface area contributed by atoms with Crippen LogP contribution in [0.2, 0.25) is 5.02 Å². The normalized spacial score (nSPS) is 18.1. The Labute approximate surface area is 176 Å². The second-order valence-electron chi connectivity index (χ2n) is 7.06. The minimum Gasteiger partial charge on any atom is -0.334 e. The van der Waals surface area contributed by atoms with Crippen molar-refractivity contribution in [3.05, 3.63) is 58.2 Å². The molecule has 4 rings (SSSR count). The first-order valence-corrected chi connectivity index (χ1v) is 9.71. The molecule has 3 N–H and O–H groups in total. The summed E-state index contributed by atoms with van der Waals surface area (Å²) in [4.78, 5) is 53.7. The maximum absolute atomic E-state index is 12.7. The average molecular weight is 428 g/mol. The van der Waals surface area contributed by atoms with E-state index in [1.807, 2.05) is 6.07 Å². The van der Waals surface area contributed by atoms with Gasteiger partial charge in [0.1, 0.15) is 11.9 Å². The molecule has 1 unspecified atom stereocenters. The van der Waals surface area contributed by atoms with Crippen molar-refractivity contribution in [2.75, 3.05) is 5.32 Å². The Balaban J connectivity index is 1.38. The Hall–Kier alpha value is -3.46. The Morgan fingerprint density at radius 2 is 2.07 bits per heavy atom. The fourth-order valence-corrected chi connectivity index (χ4v) is 3.64. The van der Waals surface area contributed by atoms with Gasteiger partial charge < -0.3 is 10.2 Å². The van der Waals surface area contributed by atoms with Gasteiger partial charge in [-0.2, -0.15) is 0 Å². The van der Waals surface area contributed by atoms with Crippen molar-refractivity contribution in [1.29, 1.82) is 0 Å². The van der Waals surface area contributed by atoms with E-state index in [1.54, 1.807) is 24.3 Å². The number of nitrogens with one attached hydrogen (secondary N) is 3. The Morgan fingerprint density at radius 1 is 1.23 bits per heavy atom. The third kappa shape index (κ3) is 4.11. The molecule has 10 heteroatoms. The molecule has 0 bridgehead atoms. The number of urea groups is 1. The topological polar surface area (TPSA) is 120 Å². The van der Waals surface area contributed by atoms with Crippen molar-refractivity contribution in [2.45, 2.75) is 32.0 Å².